The van der Waals surface area contributed by atoms with Crippen LogP contribution in [0.1, 0.15) is 42.1 Å². The Balaban J connectivity index is 1.65. The molecule has 2 aromatic rings. The van der Waals surface area contributed by atoms with E-state index in [9.17, 15) is 5.26 Å². The van der Waals surface area contributed by atoms with Gasteiger partial charge in [0, 0.05) is 25.8 Å². The molecule has 2 aromatic heterocycles. The summed E-state index contributed by atoms with van der Waals surface area (Å²) in [6.07, 6.45) is 4.35. The highest BCUT2D eigenvalue weighted by Gasteiger charge is 2.16. The molecule has 0 aromatic carbocycles. The number of aryl methyl sites for hydroxylation is 1. The number of anilines is 2. The van der Waals surface area contributed by atoms with Crippen LogP contribution in [0, 0.1) is 31.1 Å². The van der Waals surface area contributed by atoms with Gasteiger partial charge in [0.15, 0.2) is 5.82 Å². The third kappa shape index (κ3) is 3.87. The van der Waals surface area contributed by atoms with Crippen LogP contribution in [0.3, 0.4) is 0 Å². The summed E-state index contributed by atoms with van der Waals surface area (Å²) < 4.78 is 0. The fourth-order valence-electron chi connectivity index (χ4n) is 3.00. The Bertz CT molecular complexity index is 770. The van der Waals surface area contributed by atoms with Crippen LogP contribution in [0.25, 0.3) is 0 Å². The van der Waals surface area contributed by atoms with Gasteiger partial charge in [-0.25, -0.2) is 4.98 Å². The van der Waals surface area contributed by atoms with Crippen LogP contribution in [0.15, 0.2) is 18.3 Å². The second kappa shape index (κ2) is 7.47. The normalized spacial score (nSPS) is 15.0. The molecule has 0 radical (unpaired) electrons. The van der Waals surface area contributed by atoms with Gasteiger partial charge in [0.2, 0.25) is 0 Å². The molecule has 0 atom stereocenters. The summed E-state index contributed by atoms with van der Waals surface area (Å²) in [6.45, 7) is 8.78. The SMILES string of the molecule is Cc1nnc(NCc2ccc(N3CCC(C)CC3)nc2)c(C#N)c1C. The molecule has 0 saturated carbocycles. The largest absolute Gasteiger partial charge is 0.363 e. The average molecular weight is 336 g/mol. The minimum absolute atomic E-state index is 0.527. The number of nitrogens with zero attached hydrogens (tertiary/aromatic N) is 5. The molecule has 1 N–H and O–H groups in total. The lowest BCUT2D eigenvalue weighted by molar-refractivity contribution is 0.436. The summed E-state index contributed by atoms with van der Waals surface area (Å²) in [7, 11) is 0. The number of aromatic nitrogens is 3. The first-order valence-electron chi connectivity index (χ1n) is 8.76. The van der Waals surface area contributed by atoms with E-state index in [-0.39, 0.29) is 0 Å². The Morgan fingerprint density at radius 3 is 2.64 bits per heavy atom. The van der Waals surface area contributed by atoms with Crippen LogP contribution < -0.4 is 10.2 Å². The van der Waals surface area contributed by atoms with Gasteiger partial charge in [-0.05, 0) is 49.8 Å². The van der Waals surface area contributed by atoms with Crippen molar-refractivity contribution in [2.45, 2.75) is 40.2 Å². The molecule has 0 unspecified atom stereocenters. The first-order chi connectivity index (χ1) is 12.1. The molecular formula is C19H24N6. The van der Waals surface area contributed by atoms with E-state index in [1.54, 1.807) is 0 Å². The Morgan fingerprint density at radius 2 is 2.00 bits per heavy atom. The zero-order chi connectivity index (χ0) is 17.8. The quantitative estimate of drug-likeness (QED) is 0.924. The van der Waals surface area contributed by atoms with Crippen LogP contribution in [-0.2, 0) is 6.54 Å². The number of piperidine rings is 1. The van der Waals surface area contributed by atoms with Gasteiger partial charge in [-0.15, -0.1) is 5.10 Å². The van der Waals surface area contributed by atoms with Crippen molar-refractivity contribution in [1.82, 2.24) is 15.2 Å². The van der Waals surface area contributed by atoms with Gasteiger partial charge in [-0.1, -0.05) is 13.0 Å². The van der Waals surface area contributed by atoms with Crippen LogP contribution in [0.5, 0.6) is 0 Å². The minimum Gasteiger partial charge on any atom is -0.363 e. The number of nitriles is 1. The average Bonchev–Trinajstić information content (AvgIpc) is 2.64. The molecule has 0 amide bonds. The van der Waals surface area contributed by atoms with Gasteiger partial charge in [0.1, 0.15) is 17.5 Å². The molecule has 3 heterocycles. The topological polar surface area (TPSA) is 77.7 Å². The maximum absolute atomic E-state index is 9.34. The molecule has 1 aliphatic rings. The molecule has 1 saturated heterocycles. The summed E-state index contributed by atoms with van der Waals surface area (Å²) in [5, 5.41) is 20.8. The van der Waals surface area contributed by atoms with Gasteiger partial charge < -0.3 is 10.2 Å². The molecule has 1 aliphatic heterocycles. The standard InChI is InChI=1S/C19H24N6/c1-13-6-8-25(9-7-13)18-5-4-16(11-21-18)12-22-19-17(10-20)14(2)15(3)23-24-19/h4-5,11,13H,6-9,12H2,1-3H3,(H,22,24). The number of nitrogens with one attached hydrogen (secondary N) is 1. The van der Waals surface area contributed by atoms with E-state index in [2.05, 4.69) is 50.5 Å². The summed E-state index contributed by atoms with van der Waals surface area (Å²) in [5.74, 6) is 2.38. The van der Waals surface area contributed by atoms with Crippen molar-refractivity contribution >= 4 is 11.6 Å². The van der Waals surface area contributed by atoms with E-state index in [0.717, 1.165) is 41.6 Å². The van der Waals surface area contributed by atoms with E-state index in [1.165, 1.54) is 12.8 Å². The second-order valence-electron chi connectivity index (χ2n) is 6.79. The van der Waals surface area contributed by atoms with Crippen LogP contribution in [0.4, 0.5) is 11.6 Å². The van der Waals surface area contributed by atoms with E-state index in [1.807, 2.05) is 20.0 Å². The Labute approximate surface area is 148 Å². The van der Waals surface area contributed by atoms with E-state index in [4.69, 9.17) is 0 Å². The number of hydrogen-bond donors (Lipinski definition) is 1. The third-order valence-corrected chi connectivity index (χ3v) is 4.94. The Morgan fingerprint density at radius 1 is 1.24 bits per heavy atom. The highest BCUT2D eigenvalue weighted by molar-refractivity contribution is 5.56. The van der Waals surface area contributed by atoms with Crippen molar-refractivity contribution in [2.75, 3.05) is 23.3 Å². The zero-order valence-corrected chi connectivity index (χ0v) is 15.1. The van der Waals surface area contributed by atoms with Crippen LogP contribution >= 0.6 is 0 Å². The molecule has 0 bridgehead atoms. The van der Waals surface area contributed by atoms with Gasteiger partial charge in [0.25, 0.3) is 0 Å². The highest BCUT2D eigenvalue weighted by atomic mass is 15.2. The van der Waals surface area contributed by atoms with E-state index >= 15 is 0 Å². The van der Waals surface area contributed by atoms with Gasteiger partial charge >= 0.3 is 0 Å². The zero-order valence-electron chi connectivity index (χ0n) is 15.1. The van der Waals surface area contributed by atoms with Crippen molar-refractivity contribution in [2.24, 2.45) is 5.92 Å². The van der Waals surface area contributed by atoms with Crippen molar-refractivity contribution in [3.8, 4) is 6.07 Å². The second-order valence-corrected chi connectivity index (χ2v) is 6.79. The molecule has 130 valence electrons. The van der Waals surface area contributed by atoms with Crippen molar-refractivity contribution in [3.63, 3.8) is 0 Å². The van der Waals surface area contributed by atoms with Gasteiger partial charge in [-0.3, -0.25) is 0 Å². The van der Waals surface area contributed by atoms with Crippen molar-refractivity contribution in [1.29, 1.82) is 5.26 Å². The van der Waals surface area contributed by atoms with Gasteiger partial charge in [0.05, 0.1) is 5.69 Å². The fraction of sp³-hybridized carbons (Fsp3) is 0.474. The maximum atomic E-state index is 9.34. The molecule has 6 nitrogen and oxygen atoms in total. The molecule has 1 fully saturated rings. The number of rotatable bonds is 4. The van der Waals surface area contributed by atoms with Crippen LogP contribution in [-0.4, -0.2) is 28.3 Å². The monoisotopic (exact) mass is 336 g/mol. The Hall–Kier alpha value is -2.68. The molecule has 3 rings (SSSR count). The van der Waals surface area contributed by atoms with Crippen LogP contribution in [0.2, 0.25) is 0 Å². The lowest BCUT2D eigenvalue weighted by atomic mass is 9.99. The summed E-state index contributed by atoms with van der Waals surface area (Å²) in [6, 6.07) is 6.36. The first-order valence-corrected chi connectivity index (χ1v) is 8.76. The van der Waals surface area contributed by atoms with E-state index in [0.29, 0.717) is 17.9 Å². The third-order valence-electron chi connectivity index (χ3n) is 4.94. The first kappa shape index (κ1) is 17.2. The Kier molecular flexibility index (Phi) is 5.13. The molecule has 25 heavy (non-hydrogen) atoms. The molecule has 6 heteroatoms. The predicted molar refractivity (Wildman–Crippen MR) is 98.4 cm³/mol. The molecular weight excluding hydrogens is 312 g/mol. The predicted octanol–water partition coefficient (Wildman–Crippen LogP) is 3.21. The summed E-state index contributed by atoms with van der Waals surface area (Å²) in [5.41, 5.74) is 3.26. The number of pyridine rings is 1. The van der Waals surface area contributed by atoms with Gasteiger partial charge in [-0.2, -0.15) is 10.4 Å². The lowest BCUT2D eigenvalue weighted by Gasteiger charge is -2.31. The van der Waals surface area contributed by atoms with E-state index < -0.39 is 0 Å². The maximum Gasteiger partial charge on any atom is 0.167 e. The minimum atomic E-state index is 0.527. The fourth-order valence-corrected chi connectivity index (χ4v) is 3.00. The van der Waals surface area contributed by atoms with Crippen molar-refractivity contribution < 1.29 is 0 Å². The molecule has 0 spiro atoms. The lowest BCUT2D eigenvalue weighted by Crippen LogP contribution is -2.33. The highest BCUT2D eigenvalue weighted by Crippen LogP contribution is 2.22. The number of hydrogen-bond acceptors (Lipinski definition) is 6. The molecule has 0 aliphatic carbocycles. The van der Waals surface area contributed by atoms with Crippen molar-refractivity contribution in [3.05, 3.63) is 40.7 Å². The summed E-state index contributed by atoms with van der Waals surface area (Å²) in [4.78, 5) is 6.95. The summed E-state index contributed by atoms with van der Waals surface area (Å²) >= 11 is 0. The smallest absolute Gasteiger partial charge is 0.167 e.